The van der Waals surface area contributed by atoms with Gasteiger partial charge < -0.3 is 20.5 Å². The molecule has 3 N–H and O–H groups in total. The minimum Gasteiger partial charge on any atom is -0.480 e. The van der Waals surface area contributed by atoms with Gasteiger partial charge in [0, 0.05) is 0 Å². The highest BCUT2D eigenvalue weighted by Gasteiger charge is 2.31. The van der Waals surface area contributed by atoms with Crippen molar-refractivity contribution >= 4 is 18.0 Å². The zero-order valence-corrected chi connectivity index (χ0v) is 15.7. The minimum atomic E-state index is -1.11. The van der Waals surface area contributed by atoms with Crippen LogP contribution in [0.5, 0.6) is 0 Å². The zero-order chi connectivity index (χ0) is 19.7. The fourth-order valence-corrected chi connectivity index (χ4v) is 2.35. The SMILES string of the molecule is CC[C@H](C)[C@@H](NC(=O)OCc1ccccc1)C(=O)N[C@@H](C(=O)O)C(C)C. The number of alkyl carbamates (subject to hydrolysis) is 1. The van der Waals surface area contributed by atoms with Crippen LogP contribution in [0.4, 0.5) is 4.79 Å². The van der Waals surface area contributed by atoms with Crippen molar-refractivity contribution < 1.29 is 24.2 Å². The first-order valence-corrected chi connectivity index (χ1v) is 8.76. The maximum atomic E-state index is 12.5. The predicted octanol–water partition coefficient (Wildman–Crippen LogP) is 2.55. The standard InChI is InChI=1S/C19H28N2O5/c1-5-13(4)16(17(22)20-15(12(2)3)18(23)24)21-19(25)26-11-14-9-7-6-8-10-14/h6-10,12-13,15-16H,5,11H2,1-4H3,(H,20,22)(H,21,25)(H,23,24)/t13-,15+,16+/m0/s1. The van der Waals surface area contributed by atoms with E-state index in [0.29, 0.717) is 6.42 Å². The van der Waals surface area contributed by atoms with Gasteiger partial charge in [-0.1, -0.05) is 64.4 Å². The van der Waals surface area contributed by atoms with E-state index >= 15 is 0 Å². The summed E-state index contributed by atoms with van der Waals surface area (Å²) in [5, 5.41) is 14.3. The molecule has 7 nitrogen and oxygen atoms in total. The Hall–Kier alpha value is -2.57. The van der Waals surface area contributed by atoms with Crippen molar-refractivity contribution in [1.82, 2.24) is 10.6 Å². The lowest BCUT2D eigenvalue weighted by Crippen LogP contribution is -2.55. The first kappa shape index (κ1) is 21.5. The molecule has 7 heteroatoms. The Bertz CT molecular complexity index is 603. The molecule has 0 aliphatic heterocycles. The van der Waals surface area contributed by atoms with Crippen LogP contribution in [-0.2, 0) is 20.9 Å². The molecule has 1 rings (SSSR count). The Kier molecular flexibility index (Phi) is 8.61. The van der Waals surface area contributed by atoms with E-state index < -0.39 is 30.1 Å². The Morgan fingerprint density at radius 2 is 1.65 bits per heavy atom. The molecular formula is C19H28N2O5. The number of aliphatic carboxylic acids is 1. The van der Waals surface area contributed by atoms with Crippen LogP contribution in [-0.4, -0.2) is 35.2 Å². The molecule has 0 spiro atoms. The Balaban J connectivity index is 2.71. The molecule has 0 aliphatic carbocycles. The van der Waals surface area contributed by atoms with Crippen molar-refractivity contribution in [2.45, 2.75) is 52.8 Å². The second-order valence-corrected chi connectivity index (χ2v) is 6.64. The number of nitrogens with one attached hydrogen (secondary N) is 2. The van der Waals surface area contributed by atoms with Crippen LogP contribution in [0.15, 0.2) is 30.3 Å². The second-order valence-electron chi connectivity index (χ2n) is 6.64. The Labute approximate surface area is 154 Å². The van der Waals surface area contributed by atoms with E-state index in [-0.39, 0.29) is 18.4 Å². The molecule has 0 fully saturated rings. The number of rotatable bonds is 9. The molecule has 3 atom stereocenters. The molecular weight excluding hydrogens is 336 g/mol. The van der Waals surface area contributed by atoms with E-state index in [0.717, 1.165) is 5.56 Å². The van der Waals surface area contributed by atoms with Gasteiger partial charge in [0.15, 0.2) is 0 Å². The van der Waals surface area contributed by atoms with Gasteiger partial charge in [0.2, 0.25) is 5.91 Å². The number of benzene rings is 1. The van der Waals surface area contributed by atoms with Gasteiger partial charge in [-0.25, -0.2) is 9.59 Å². The van der Waals surface area contributed by atoms with E-state index in [1.807, 2.05) is 44.2 Å². The van der Waals surface area contributed by atoms with Crippen LogP contribution < -0.4 is 10.6 Å². The number of ether oxygens (including phenoxy) is 1. The molecule has 0 unspecified atom stereocenters. The topological polar surface area (TPSA) is 105 Å². The fraction of sp³-hybridized carbons (Fsp3) is 0.526. The summed E-state index contributed by atoms with van der Waals surface area (Å²) in [5.41, 5.74) is 0.831. The van der Waals surface area contributed by atoms with Crippen molar-refractivity contribution in [2.24, 2.45) is 11.8 Å². The summed E-state index contributed by atoms with van der Waals surface area (Å²) in [6.07, 6.45) is -0.0815. The summed E-state index contributed by atoms with van der Waals surface area (Å²) >= 11 is 0. The summed E-state index contributed by atoms with van der Waals surface area (Å²) in [6.45, 7) is 7.20. The minimum absolute atomic E-state index is 0.0886. The van der Waals surface area contributed by atoms with Crippen molar-refractivity contribution in [3.05, 3.63) is 35.9 Å². The molecule has 0 radical (unpaired) electrons. The molecule has 0 saturated heterocycles. The van der Waals surface area contributed by atoms with E-state index in [1.54, 1.807) is 13.8 Å². The Morgan fingerprint density at radius 1 is 1.04 bits per heavy atom. The largest absolute Gasteiger partial charge is 0.480 e. The monoisotopic (exact) mass is 364 g/mol. The predicted molar refractivity (Wildman–Crippen MR) is 97.4 cm³/mol. The van der Waals surface area contributed by atoms with Crippen molar-refractivity contribution in [3.63, 3.8) is 0 Å². The van der Waals surface area contributed by atoms with E-state index in [9.17, 15) is 19.5 Å². The lowest BCUT2D eigenvalue weighted by atomic mass is 9.97. The summed E-state index contributed by atoms with van der Waals surface area (Å²) < 4.78 is 5.16. The van der Waals surface area contributed by atoms with Gasteiger partial charge in [0.25, 0.3) is 0 Å². The highest BCUT2D eigenvalue weighted by Crippen LogP contribution is 2.11. The number of carboxylic acids is 1. The lowest BCUT2D eigenvalue weighted by Gasteiger charge is -2.26. The number of carbonyl (C=O) groups excluding carboxylic acids is 2. The molecule has 144 valence electrons. The number of hydrogen-bond donors (Lipinski definition) is 3. The third-order valence-electron chi connectivity index (χ3n) is 4.21. The van der Waals surface area contributed by atoms with Gasteiger partial charge in [-0.2, -0.15) is 0 Å². The fourth-order valence-electron chi connectivity index (χ4n) is 2.35. The van der Waals surface area contributed by atoms with Gasteiger partial charge >= 0.3 is 12.1 Å². The van der Waals surface area contributed by atoms with Crippen molar-refractivity contribution in [3.8, 4) is 0 Å². The molecule has 0 aliphatic rings. The maximum Gasteiger partial charge on any atom is 0.408 e. The van der Waals surface area contributed by atoms with Crippen LogP contribution in [0.1, 0.15) is 39.7 Å². The highest BCUT2D eigenvalue weighted by molar-refractivity contribution is 5.89. The summed E-state index contributed by atoms with van der Waals surface area (Å²) in [4.78, 5) is 35.9. The quantitative estimate of drug-likeness (QED) is 0.625. The summed E-state index contributed by atoms with van der Waals surface area (Å²) in [7, 11) is 0. The lowest BCUT2D eigenvalue weighted by molar-refractivity contribution is -0.143. The molecule has 0 aromatic heterocycles. The van der Waals surface area contributed by atoms with Crippen LogP contribution >= 0.6 is 0 Å². The first-order valence-electron chi connectivity index (χ1n) is 8.76. The van der Waals surface area contributed by atoms with Crippen molar-refractivity contribution in [1.29, 1.82) is 0 Å². The van der Waals surface area contributed by atoms with Gasteiger partial charge in [-0.15, -0.1) is 0 Å². The zero-order valence-electron chi connectivity index (χ0n) is 15.7. The maximum absolute atomic E-state index is 12.5. The molecule has 0 heterocycles. The van der Waals surface area contributed by atoms with Crippen LogP contribution in [0.25, 0.3) is 0 Å². The van der Waals surface area contributed by atoms with E-state index in [2.05, 4.69) is 10.6 Å². The van der Waals surface area contributed by atoms with Gasteiger partial charge in [-0.05, 0) is 17.4 Å². The molecule has 1 aromatic carbocycles. The second kappa shape index (κ2) is 10.4. The molecule has 26 heavy (non-hydrogen) atoms. The van der Waals surface area contributed by atoms with E-state index in [4.69, 9.17) is 4.74 Å². The van der Waals surface area contributed by atoms with E-state index in [1.165, 1.54) is 0 Å². The Morgan fingerprint density at radius 3 is 2.15 bits per heavy atom. The molecule has 0 saturated carbocycles. The smallest absolute Gasteiger partial charge is 0.408 e. The number of amides is 2. The average Bonchev–Trinajstić information content (AvgIpc) is 2.61. The van der Waals surface area contributed by atoms with Gasteiger partial charge in [0.1, 0.15) is 18.7 Å². The number of carboxylic acid groups (broad SMARTS) is 1. The molecule has 1 aromatic rings. The summed E-state index contributed by atoms with van der Waals surface area (Å²) in [5.74, 6) is -2.10. The molecule has 2 amide bonds. The van der Waals surface area contributed by atoms with Crippen LogP contribution in [0.3, 0.4) is 0 Å². The average molecular weight is 364 g/mol. The number of carbonyl (C=O) groups is 3. The number of hydrogen-bond acceptors (Lipinski definition) is 4. The third kappa shape index (κ3) is 6.74. The van der Waals surface area contributed by atoms with Gasteiger partial charge in [-0.3, -0.25) is 4.79 Å². The third-order valence-corrected chi connectivity index (χ3v) is 4.21. The van der Waals surface area contributed by atoms with Crippen LogP contribution in [0, 0.1) is 11.8 Å². The van der Waals surface area contributed by atoms with Gasteiger partial charge in [0.05, 0.1) is 0 Å². The summed E-state index contributed by atoms with van der Waals surface area (Å²) in [6, 6.07) is 7.30. The molecule has 0 bridgehead atoms. The highest BCUT2D eigenvalue weighted by atomic mass is 16.5. The van der Waals surface area contributed by atoms with Crippen LogP contribution in [0.2, 0.25) is 0 Å². The van der Waals surface area contributed by atoms with Crippen molar-refractivity contribution in [2.75, 3.05) is 0 Å². The first-order chi connectivity index (χ1) is 12.3. The normalized spacial score (nSPS) is 14.2.